The molecule has 0 radical (unpaired) electrons. The van der Waals surface area contributed by atoms with E-state index in [1.54, 1.807) is 12.1 Å². The fraction of sp³-hybridized carbons (Fsp3) is 0.226. The van der Waals surface area contributed by atoms with E-state index in [9.17, 15) is 9.65 Å². The summed E-state index contributed by atoms with van der Waals surface area (Å²) >= 11 is 12.7. The number of nitrogens with one attached hydrogen (secondary N) is 4. The van der Waals surface area contributed by atoms with Gasteiger partial charge in [-0.1, -0.05) is 60.5 Å². The van der Waals surface area contributed by atoms with Crippen LogP contribution in [-0.2, 0) is 0 Å². The molecule has 0 aliphatic carbocycles. The van der Waals surface area contributed by atoms with Crippen LogP contribution in [0, 0.1) is 23.1 Å². The van der Waals surface area contributed by atoms with Gasteiger partial charge in [-0.15, -0.1) is 0 Å². The molecule has 11 heteroatoms. The summed E-state index contributed by atoms with van der Waals surface area (Å²) in [5, 5.41) is 21.0. The molecule has 0 bridgehead atoms. The van der Waals surface area contributed by atoms with Crippen molar-refractivity contribution in [3.8, 4) is 6.07 Å². The molecule has 216 valence electrons. The lowest BCUT2D eigenvalue weighted by Gasteiger charge is -2.38. The highest BCUT2D eigenvalue weighted by molar-refractivity contribution is 6.36. The smallest absolute Gasteiger partial charge is 0.141 e. The first kappa shape index (κ1) is 29.4. The summed E-state index contributed by atoms with van der Waals surface area (Å²) in [7, 11) is 0. The van der Waals surface area contributed by atoms with Crippen LogP contribution in [-0.4, -0.2) is 36.1 Å². The molecule has 3 aromatic carbocycles. The number of rotatable bonds is 11. The van der Waals surface area contributed by atoms with Crippen LogP contribution in [0.5, 0.6) is 0 Å². The van der Waals surface area contributed by atoms with Crippen molar-refractivity contribution >= 4 is 51.2 Å². The summed E-state index contributed by atoms with van der Waals surface area (Å²) in [5.41, 5.74) is 7.02. The molecule has 4 aromatic rings. The van der Waals surface area contributed by atoms with Crippen LogP contribution in [0.15, 0.2) is 78.8 Å². The number of benzene rings is 3. The molecule has 42 heavy (non-hydrogen) atoms. The summed E-state index contributed by atoms with van der Waals surface area (Å²) in [6.07, 6.45) is 3.36. The Hall–Kier alpha value is -4.07. The molecule has 0 unspecified atom stereocenters. The van der Waals surface area contributed by atoms with Crippen molar-refractivity contribution in [3.05, 3.63) is 106 Å². The largest absolute Gasteiger partial charge is 0.389 e. The Morgan fingerprint density at radius 2 is 1.90 bits per heavy atom. The van der Waals surface area contributed by atoms with E-state index in [-0.39, 0.29) is 11.1 Å². The van der Waals surface area contributed by atoms with Gasteiger partial charge < -0.3 is 26.3 Å². The first-order valence-corrected chi connectivity index (χ1v) is 14.3. The number of anilines is 3. The van der Waals surface area contributed by atoms with Crippen LogP contribution in [0.4, 0.5) is 21.5 Å². The van der Waals surface area contributed by atoms with Crippen LogP contribution >= 0.6 is 23.2 Å². The predicted octanol–water partition coefficient (Wildman–Crippen LogP) is 6.30. The van der Waals surface area contributed by atoms with Gasteiger partial charge in [0.2, 0.25) is 0 Å². The zero-order chi connectivity index (χ0) is 29.6. The Bertz CT molecular complexity index is 1630. The molecule has 0 saturated carbocycles. The van der Waals surface area contributed by atoms with Gasteiger partial charge in [-0.25, -0.2) is 4.39 Å². The molecule has 0 spiro atoms. The summed E-state index contributed by atoms with van der Waals surface area (Å²) in [5.74, 6) is 6.09. The van der Waals surface area contributed by atoms with Gasteiger partial charge in [-0.3, -0.25) is 10.8 Å². The number of pyridine rings is 1. The van der Waals surface area contributed by atoms with Crippen molar-refractivity contribution in [1.82, 2.24) is 20.6 Å². The molecule has 2 heterocycles. The maximum atomic E-state index is 13.8. The molecular weight excluding hydrogens is 574 g/mol. The number of hydrogen-bond acceptors (Lipinski definition) is 8. The van der Waals surface area contributed by atoms with Crippen molar-refractivity contribution < 1.29 is 4.39 Å². The lowest BCUT2D eigenvalue weighted by molar-refractivity contribution is 0.109. The number of nitrogens with two attached hydrogens (primary N) is 1. The van der Waals surface area contributed by atoms with Gasteiger partial charge in [0.1, 0.15) is 11.9 Å². The van der Waals surface area contributed by atoms with Crippen LogP contribution in [0.1, 0.15) is 24.1 Å². The minimum atomic E-state index is -0.536. The van der Waals surface area contributed by atoms with Gasteiger partial charge in [0.15, 0.2) is 0 Å². The molecule has 1 atom stereocenters. The number of likely N-dealkylation sites (tertiary alicyclic amines) is 1. The lowest BCUT2D eigenvalue weighted by Crippen LogP contribution is -2.49. The fourth-order valence-corrected chi connectivity index (χ4v) is 5.49. The van der Waals surface area contributed by atoms with Crippen LogP contribution in [0.2, 0.25) is 10.0 Å². The molecule has 6 N–H and O–H groups in total. The highest BCUT2D eigenvalue weighted by Crippen LogP contribution is 2.37. The average molecular weight is 606 g/mol. The number of halogens is 3. The van der Waals surface area contributed by atoms with Crippen molar-refractivity contribution in [1.29, 1.82) is 5.26 Å². The predicted molar refractivity (Wildman–Crippen MR) is 168 cm³/mol. The van der Waals surface area contributed by atoms with Gasteiger partial charge in [0, 0.05) is 54.7 Å². The van der Waals surface area contributed by atoms with Gasteiger partial charge in [0.05, 0.1) is 38.6 Å². The zero-order valence-corrected chi connectivity index (χ0v) is 24.5. The van der Waals surface area contributed by atoms with Crippen molar-refractivity contribution in [3.63, 3.8) is 0 Å². The molecule has 1 aliphatic rings. The van der Waals surface area contributed by atoms with E-state index in [1.807, 2.05) is 42.6 Å². The van der Waals surface area contributed by atoms with Crippen molar-refractivity contribution in [2.24, 2.45) is 11.8 Å². The van der Waals surface area contributed by atoms with Crippen LogP contribution in [0.25, 0.3) is 10.9 Å². The van der Waals surface area contributed by atoms with Gasteiger partial charge >= 0.3 is 0 Å². The Morgan fingerprint density at radius 1 is 1.14 bits per heavy atom. The van der Waals surface area contributed by atoms with E-state index in [0.717, 1.165) is 37.4 Å². The second kappa shape index (κ2) is 13.3. The number of nitrogens with zero attached hydrogens (tertiary/aromatic N) is 3. The molecule has 1 aliphatic heterocycles. The standard InChI is InChI=1S/C31H31Cl2FN8/c1-2-42-17-19(18-42)14-37-16-28(41-36)30(20-6-4-3-5-7-20)40-23-10-24-29(39-22-8-9-27(34)25(32)11-22)21(13-35)15-38-31(24)26(33)12-23/h3-12,15-16,19,30,37,40-41H,2,14,17-18,36H2,1H3,(H,38,39)/b28-16-/t30-/m0/s1. The Morgan fingerprint density at radius 3 is 2.60 bits per heavy atom. The normalized spacial score (nSPS) is 14.6. The number of hydrazine groups is 1. The second-order valence-electron chi connectivity index (χ2n) is 10.1. The van der Waals surface area contributed by atoms with Crippen molar-refractivity contribution in [2.45, 2.75) is 13.0 Å². The Balaban J connectivity index is 1.49. The van der Waals surface area contributed by atoms with Gasteiger partial charge in [0.25, 0.3) is 0 Å². The topological polar surface area (TPSA) is 114 Å². The molecule has 1 aromatic heterocycles. The summed E-state index contributed by atoms with van der Waals surface area (Å²) in [6.45, 7) is 6.24. The molecule has 5 rings (SSSR count). The first-order chi connectivity index (χ1) is 20.4. The fourth-order valence-electron chi connectivity index (χ4n) is 5.04. The Kier molecular flexibility index (Phi) is 9.30. The molecule has 8 nitrogen and oxygen atoms in total. The van der Waals surface area contributed by atoms with Crippen LogP contribution in [0.3, 0.4) is 0 Å². The summed E-state index contributed by atoms with van der Waals surface area (Å²) in [6, 6.07) is 19.6. The van der Waals surface area contributed by atoms with Crippen LogP contribution < -0.4 is 27.2 Å². The van der Waals surface area contributed by atoms with Crippen molar-refractivity contribution in [2.75, 3.05) is 36.8 Å². The van der Waals surface area contributed by atoms with E-state index in [0.29, 0.717) is 44.5 Å². The van der Waals surface area contributed by atoms with E-state index < -0.39 is 5.82 Å². The number of fused-ring (bicyclic) bond motifs is 1. The monoisotopic (exact) mass is 604 g/mol. The molecule has 1 fully saturated rings. The second-order valence-corrected chi connectivity index (χ2v) is 10.9. The Labute approximate surface area is 254 Å². The van der Waals surface area contributed by atoms with Gasteiger partial charge in [-0.2, -0.15) is 5.26 Å². The average Bonchev–Trinajstić information content (AvgIpc) is 2.98. The maximum Gasteiger partial charge on any atom is 0.141 e. The van der Waals surface area contributed by atoms with E-state index in [4.69, 9.17) is 29.0 Å². The SMILES string of the molecule is CCN1CC(CN/C=C(\NN)[C@@H](Nc2cc(Cl)c3ncc(C#N)c(Nc4ccc(F)c(Cl)c4)c3c2)c2ccccc2)C1. The molecule has 0 amide bonds. The highest BCUT2D eigenvalue weighted by atomic mass is 35.5. The lowest BCUT2D eigenvalue weighted by atomic mass is 10.0. The van der Waals surface area contributed by atoms with Gasteiger partial charge in [-0.05, 0) is 42.4 Å². The van der Waals surface area contributed by atoms with E-state index >= 15 is 0 Å². The number of aromatic nitrogens is 1. The minimum Gasteiger partial charge on any atom is -0.389 e. The summed E-state index contributed by atoms with van der Waals surface area (Å²) in [4.78, 5) is 6.83. The first-order valence-electron chi connectivity index (χ1n) is 13.6. The third kappa shape index (κ3) is 6.53. The zero-order valence-electron chi connectivity index (χ0n) is 23.0. The van der Waals surface area contributed by atoms with E-state index in [2.05, 4.69) is 44.3 Å². The van der Waals surface area contributed by atoms with E-state index in [1.165, 1.54) is 18.3 Å². The minimum absolute atomic E-state index is 0.0369. The highest BCUT2D eigenvalue weighted by Gasteiger charge is 2.25. The molecule has 1 saturated heterocycles. The number of nitriles is 1. The third-order valence-corrected chi connectivity index (χ3v) is 7.88. The molecular formula is C31H31Cl2FN8. The quantitative estimate of drug-likeness (QED) is 0.100. The third-order valence-electron chi connectivity index (χ3n) is 7.30. The maximum absolute atomic E-state index is 13.8. The number of hydrogen-bond donors (Lipinski definition) is 5. The summed E-state index contributed by atoms with van der Waals surface area (Å²) < 4.78 is 13.8.